The first-order valence-corrected chi connectivity index (χ1v) is 5.49. The van der Waals surface area contributed by atoms with Crippen LogP contribution in [0.4, 0.5) is 0 Å². The SMILES string of the molecule is NS(=O)(=O)c1occc1-c1cncnc1. The molecule has 0 aliphatic rings. The number of rotatable bonds is 2. The van der Waals surface area contributed by atoms with Crippen molar-refractivity contribution in [1.82, 2.24) is 9.97 Å². The molecule has 0 bridgehead atoms. The fourth-order valence-electron chi connectivity index (χ4n) is 1.17. The minimum Gasteiger partial charge on any atom is -0.451 e. The molecule has 78 valence electrons. The van der Waals surface area contributed by atoms with Gasteiger partial charge in [-0.15, -0.1) is 0 Å². The lowest BCUT2D eigenvalue weighted by Gasteiger charge is -1.98. The maximum atomic E-state index is 11.1. The van der Waals surface area contributed by atoms with Crippen molar-refractivity contribution in [1.29, 1.82) is 0 Å². The number of furan rings is 1. The molecule has 0 amide bonds. The van der Waals surface area contributed by atoms with E-state index < -0.39 is 10.0 Å². The molecule has 2 aromatic rings. The minimum absolute atomic E-state index is 0.280. The predicted octanol–water partition coefficient (Wildman–Crippen LogP) is 0.384. The van der Waals surface area contributed by atoms with Gasteiger partial charge in [0, 0.05) is 23.5 Å². The summed E-state index contributed by atoms with van der Waals surface area (Å²) in [5.74, 6) is 0. The van der Waals surface area contributed by atoms with Crippen LogP contribution in [0.2, 0.25) is 0 Å². The Morgan fingerprint density at radius 3 is 2.53 bits per heavy atom. The number of sulfonamides is 1. The van der Waals surface area contributed by atoms with E-state index in [1.165, 1.54) is 31.1 Å². The van der Waals surface area contributed by atoms with Crippen LogP contribution in [0.25, 0.3) is 11.1 Å². The van der Waals surface area contributed by atoms with Crippen molar-refractivity contribution >= 4 is 10.0 Å². The second kappa shape index (κ2) is 3.44. The molecule has 2 rings (SSSR count). The molecule has 0 unspecified atom stereocenters. The summed E-state index contributed by atoms with van der Waals surface area (Å²) in [5, 5.41) is 4.70. The summed E-state index contributed by atoms with van der Waals surface area (Å²) >= 11 is 0. The number of hydrogen-bond acceptors (Lipinski definition) is 5. The van der Waals surface area contributed by atoms with Gasteiger partial charge in [0.25, 0.3) is 10.0 Å². The largest absolute Gasteiger partial charge is 0.451 e. The molecule has 15 heavy (non-hydrogen) atoms. The maximum absolute atomic E-state index is 11.1. The quantitative estimate of drug-likeness (QED) is 0.796. The predicted molar refractivity (Wildman–Crippen MR) is 51.1 cm³/mol. The van der Waals surface area contributed by atoms with Crippen molar-refractivity contribution in [3.8, 4) is 11.1 Å². The Morgan fingerprint density at radius 2 is 1.93 bits per heavy atom. The van der Waals surface area contributed by atoms with E-state index in [4.69, 9.17) is 9.56 Å². The Hall–Kier alpha value is -1.73. The lowest BCUT2D eigenvalue weighted by molar-refractivity contribution is 0.452. The standard InChI is InChI=1S/C8H7N3O3S/c9-15(12,13)8-7(1-2-14-8)6-3-10-5-11-4-6/h1-5H,(H2,9,12,13). The average Bonchev–Trinajstić information content (AvgIpc) is 2.67. The van der Waals surface area contributed by atoms with E-state index in [0.29, 0.717) is 11.1 Å². The van der Waals surface area contributed by atoms with Crippen molar-refractivity contribution in [3.63, 3.8) is 0 Å². The number of nitrogens with two attached hydrogens (primary N) is 1. The van der Waals surface area contributed by atoms with Crippen molar-refractivity contribution in [2.45, 2.75) is 5.09 Å². The fourth-order valence-corrected chi connectivity index (χ4v) is 1.85. The molecule has 2 heterocycles. The zero-order valence-corrected chi connectivity index (χ0v) is 8.31. The molecule has 0 aromatic carbocycles. The van der Waals surface area contributed by atoms with Gasteiger partial charge in [-0.25, -0.2) is 23.5 Å². The topological polar surface area (TPSA) is 99.1 Å². The van der Waals surface area contributed by atoms with E-state index >= 15 is 0 Å². The van der Waals surface area contributed by atoms with Gasteiger partial charge in [0.2, 0.25) is 5.09 Å². The Kier molecular flexibility index (Phi) is 2.25. The van der Waals surface area contributed by atoms with Crippen LogP contribution in [0.15, 0.2) is 40.6 Å². The zero-order chi connectivity index (χ0) is 10.9. The highest BCUT2D eigenvalue weighted by Crippen LogP contribution is 2.26. The van der Waals surface area contributed by atoms with E-state index in [0.717, 1.165) is 0 Å². The third-order valence-electron chi connectivity index (χ3n) is 1.76. The lowest BCUT2D eigenvalue weighted by Crippen LogP contribution is -2.12. The Bertz CT molecular complexity index is 562. The summed E-state index contributed by atoms with van der Waals surface area (Å²) in [7, 11) is -3.86. The average molecular weight is 225 g/mol. The third-order valence-corrected chi connectivity index (χ3v) is 2.59. The van der Waals surface area contributed by atoms with Crippen molar-refractivity contribution in [3.05, 3.63) is 31.1 Å². The molecule has 0 saturated heterocycles. The van der Waals surface area contributed by atoms with E-state index in [1.807, 2.05) is 0 Å². The van der Waals surface area contributed by atoms with Gasteiger partial charge in [-0.1, -0.05) is 0 Å². The van der Waals surface area contributed by atoms with Crippen molar-refractivity contribution in [2.24, 2.45) is 5.14 Å². The number of hydrogen-bond donors (Lipinski definition) is 1. The Morgan fingerprint density at radius 1 is 1.27 bits per heavy atom. The molecular formula is C8H7N3O3S. The fraction of sp³-hybridized carbons (Fsp3) is 0. The molecule has 0 radical (unpaired) electrons. The first-order chi connectivity index (χ1) is 7.09. The van der Waals surface area contributed by atoms with E-state index in [1.54, 1.807) is 0 Å². The van der Waals surface area contributed by atoms with E-state index in [2.05, 4.69) is 9.97 Å². The second-order valence-corrected chi connectivity index (χ2v) is 4.25. The van der Waals surface area contributed by atoms with Crippen LogP contribution in [0.3, 0.4) is 0 Å². The highest BCUT2D eigenvalue weighted by molar-refractivity contribution is 7.89. The van der Waals surface area contributed by atoms with Crippen molar-refractivity contribution < 1.29 is 12.8 Å². The maximum Gasteiger partial charge on any atom is 0.272 e. The number of primary sulfonamides is 1. The van der Waals surface area contributed by atoms with Gasteiger partial charge in [-0.3, -0.25) is 0 Å². The molecule has 0 spiro atoms. The van der Waals surface area contributed by atoms with Gasteiger partial charge in [-0.05, 0) is 6.07 Å². The summed E-state index contributed by atoms with van der Waals surface area (Å²) in [4.78, 5) is 7.55. The van der Waals surface area contributed by atoms with E-state index in [-0.39, 0.29) is 5.09 Å². The second-order valence-electron chi connectivity index (χ2n) is 2.79. The highest BCUT2D eigenvalue weighted by Gasteiger charge is 2.19. The summed E-state index contributed by atoms with van der Waals surface area (Å²) in [6.07, 6.45) is 5.56. The molecule has 0 atom stereocenters. The summed E-state index contributed by atoms with van der Waals surface area (Å²) in [6.45, 7) is 0. The molecule has 2 N–H and O–H groups in total. The van der Waals surface area contributed by atoms with Crippen LogP contribution in [0.1, 0.15) is 0 Å². The lowest BCUT2D eigenvalue weighted by atomic mass is 10.2. The van der Waals surface area contributed by atoms with Gasteiger partial charge < -0.3 is 4.42 Å². The Labute approximate surface area is 85.8 Å². The summed E-state index contributed by atoms with van der Waals surface area (Å²) < 4.78 is 27.1. The normalized spacial score (nSPS) is 11.5. The van der Waals surface area contributed by atoms with Gasteiger partial charge >= 0.3 is 0 Å². The monoisotopic (exact) mass is 225 g/mol. The first-order valence-electron chi connectivity index (χ1n) is 3.95. The molecule has 0 aliphatic carbocycles. The summed E-state index contributed by atoms with van der Waals surface area (Å²) in [6, 6.07) is 1.50. The third kappa shape index (κ3) is 1.88. The van der Waals surface area contributed by atoms with Gasteiger partial charge in [0.1, 0.15) is 6.33 Å². The summed E-state index contributed by atoms with van der Waals surface area (Å²) in [5.41, 5.74) is 0.897. The van der Waals surface area contributed by atoms with Crippen LogP contribution in [-0.2, 0) is 10.0 Å². The molecular weight excluding hydrogens is 218 g/mol. The van der Waals surface area contributed by atoms with Crippen LogP contribution in [0.5, 0.6) is 0 Å². The van der Waals surface area contributed by atoms with Gasteiger partial charge in [-0.2, -0.15) is 0 Å². The molecule has 0 fully saturated rings. The molecule has 0 saturated carbocycles. The number of aromatic nitrogens is 2. The highest BCUT2D eigenvalue weighted by atomic mass is 32.2. The van der Waals surface area contributed by atoms with Crippen molar-refractivity contribution in [2.75, 3.05) is 0 Å². The van der Waals surface area contributed by atoms with Gasteiger partial charge in [0.15, 0.2) is 0 Å². The van der Waals surface area contributed by atoms with Gasteiger partial charge in [0.05, 0.1) is 6.26 Å². The minimum atomic E-state index is -3.86. The molecule has 6 nitrogen and oxygen atoms in total. The molecule has 7 heteroatoms. The first kappa shape index (κ1) is 9.81. The van der Waals surface area contributed by atoms with Crippen LogP contribution in [-0.4, -0.2) is 18.4 Å². The van der Waals surface area contributed by atoms with Crippen LogP contribution < -0.4 is 5.14 Å². The van der Waals surface area contributed by atoms with Crippen LogP contribution >= 0.6 is 0 Å². The smallest absolute Gasteiger partial charge is 0.272 e. The number of nitrogens with zero attached hydrogens (tertiary/aromatic N) is 2. The van der Waals surface area contributed by atoms with Crippen LogP contribution in [0, 0.1) is 0 Å². The zero-order valence-electron chi connectivity index (χ0n) is 7.49. The molecule has 2 aromatic heterocycles. The van der Waals surface area contributed by atoms with E-state index in [9.17, 15) is 8.42 Å². The molecule has 0 aliphatic heterocycles. The Balaban J connectivity index is 2.61.